The highest BCUT2D eigenvalue weighted by atomic mass is 32.1. The lowest BCUT2D eigenvalue weighted by atomic mass is 10.1. The maximum atomic E-state index is 13.1. The molecule has 1 saturated heterocycles. The first-order valence-corrected chi connectivity index (χ1v) is 9.90. The maximum Gasteiger partial charge on any atom is 0.274 e. The number of aryl methyl sites for hydroxylation is 1. The summed E-state index contributed by atoms with van der Waals surface area (Å²) in [6.45, 7) is 5.87. The molecule has 2 aromatic heterocycles. The predicted octanol–water partition coefficient (Wildman–Crippen LogP) is 2.04. The van der Waals surface area contributed by atoms with Crippen molar-refractivity contribution in [1.82, 2.24) is 25.0 Å². The molecule has 1 aliphatic heterocycles. The molecule has 1 aromatic carbocycles. The average molecular weight is 383 g/mol. The summed E-state index contributed by atoms with van der Waals surface area (Å²) in [6.07, 6.45) is 0.899. The van der Waals surface area contributed by atoms with Crippen LogP contribution in [0.15, 0.2) is 34.4 Å². The Balaban J connectivity index is 1.50. The Morgan fingerprint density at radius 3 is 2.78 bits per heavy atom. The fourth-order valence-corrected chi connectivity index (χ4v) is 4.07. The van der Waals surface area contributed by atoms with E-state index in [1.54, 1.807) is 29.5 Å². The van der Waals surface area contributed by atoms with Crippen molar-refractivity contribution in [2.24, 2.45) is 0 Å². The topological polar surface area (TPSA) is 82.2 Å². The largest absolute Gasteiger partial charge is 0.336 e. The van der Waals surface area contributed by atoms with Crippen LogP contribution in [-0.2, 0) is 6.54 Å². The van der Waals surface area contributed by atoms with Gasteiger partial charge in [-0.15, -0.1) is 11.3 Å². The minimum absolute atomic E-state index is 0.131. The predicted molar refractivity (Wildman–Crippen MR) is 105 cm³/mol. The smallest absolute Gasteiger partial charge is 0.274 e. The van der Waals surface area contributed by atoms with Crippen LogP contribution in [0.3, 0.4) is 0 Å². The van der Waals surface area contributed by atoms with Gasteiger partial charge in [0.2, 0.25) is 0 Å². The quantitative estimate of drug-likeness (QED) is 0.748. The second-order valence-electron chi connectivity index (χ2n) is 6.73. The summed E-state index contributed by atoms with van der Waals surface area (Å²) in [6, 6.07) is 7.10. The lowest BCUT2D eigenvalue weighted by Crippen LogP contribution is -2.36. The summed E-state index contributed by atoms with van der Waals surface area (Å²) in [7, 11) is 0. The minimum Gasteiger partial charge on any atom is -0.336 e. The van der Waals surface area contributed by atoms with Gasteiger partial charge in [0.1, 0.15) is 0 Å². The third-order valence-corrected chi connectivity index (χ3v) is 5.65. The van der Waals surface area contributed by atoms with Crippen molar-refractivity contribution in [3.05, 3.63) is 56.4 Å². The molecule has 0 aliphatic carbocycles. The Hall–Kier alpha value is -2.58. The summed E-state index contributed by atoms with van der Waals surface area (Å²) in [5.41, 5.74) is 1.13. The van der Waals surface area contributed by atoms with E-state index in [4.69, 9.17) is 0 Å². The third kappa shape index (κ3) is 3.77. The summed E-state index contributed by atoms with van der Waals surface area (Å²) in [4.78, 5) is 33.7. The Kier molecular flexibility index (Phi) is 5.00. The van der Waals surface area contributed by atoms with Crippen molar-refractivity contribution in [2.45, 2.75) is 19.9 Å². The normalized spacial score (nSPS) is 15.8. The van der Waals surface area contributed by atoms with E-state index in [0.29, 0.717) is 29.6 Å². The molecule has 140 valence electrons. The Morgan fingerprint density at radius 2 is 2.00 bits per heavy atom. The van der Waals surface area contributed by atoms with E-state index in [2.05, 4.69) is 25.5 Å². The molecule has 0 bridgehead atoms. The van der Waals surface area contributed by atoms with Crippen LogP contribution in [0.5, 0.6) is 0 Å². The van der Waals surface area contributed by atoms with E-state index >= 15 is 0 Å². The average Bonchev–Trinajstić information content (AvgIpc) is 2.94. The van der Waals surface area contributed by atoms with Crippen molar-refractivity contribution in [2.75, 3.05) is 26.2 Å². The number of amides is 1. The van der Waals surface area contributed by atoms with Gasteiger partial charge in [-0.2, -0.15) is 5.10 Å². The zero-order chi connectivity index (χ0) is 18.8. The number of fused-ring (bicyclic) bond motifs is 1. The molecule has 8 heteroatoms. The molecule has 0 unspecified atom stereocenters. The Labute approximate surface area is 160 Å². The van der Waals surface area contributed by atoms with Crippen molar-refractivity contribution in [3.63, 3.8) is 0 Å². The number of H-pyrrole nitrogens is 1. The zero-order valence-electron chi connectivity index (χ0n) is 15.1. The number of aromatic nitrogens is 3. The molecular formula is C19H21N5O2S. The highest BCUT2D eigenvalue weighted by Crippen LogP contribution is 2.17. The van der Waals surface area contributed by atoms with Crippen LogP contribution < -0.4 is 5.56 Å². The molecule has 4 rings (SSSR count). The van der Waals surface area contributed by atoms with E-state index in [0.717, 1.165) is 36.8 Å². The first kappa shape index (κ1) is 17.8. The number of hydrogen-bond donors (Lipinski definition) is 1. The number of carbonyl (C=O) groups is 1. The fourth-order valence-electron chi connectivity index (χ4n) is 3.47. The molecular weight excluding hydrogens is 362 g/mol. The summed E-state index contributed by atoms with van der Waals surface area (Å²) in [5, 5.41) is 10.8. The van der Waals surface area contributed by atoms with E-state index in [1.165, 1.54) is 0 Å². The van der Waals surface area contributed by atoms with Gasteiger partial charge >= 0.3 is 0 Å². The van der Waals surface area contributed by atoms with Crippen LogP contribution in [0.4, 0.5) is 0 Å². The maximum absolute atomic E-state index is 13.1. The molecule has 0 spiro atoms. The van der Waals surface area contributed by atoms with Gasteiger partial charge in [0.05, 0.1) is 16.1 Å². The van der Waals surface area contributed by atoms with E-state index in [1.807, 2.05) is 17.9 Å². The molecule has 0 saturated carbocycles. The van der Waals surface area contributed by atoms with Gasteiger partial charge in [-0.25, -0.2) is 10.1 Å². The summed E-state index contributed by atoms with van der Waals surface area (Å²) in [5.74, 6) is -0.131. The van der Waals surface area contributed by atoms with Crippen LogP contribution in [0.25, 0.3) is 10.8 Å². The van der Waals surface area contributed by atoms with Gasteiger partial charge in [-0.1, -0.05) is 18.2 Å². The second kappa shape index (κ2) is 7.58. The number of thiazole rings is 1. The highest BCUT2D eigenvalue weighted by molar-refractivity contribution is 7.09. The summed E-state index contributed by atoms with van der Waals surface area (Å²) >= 11 is 1.66. The molecule has 3 heterocycles. The highest BCUT2D eigenvalue weighted by Gasteiger charge is 2.23. The zero-order valence-corrected chi connectivity index (χ0v) is 16.0. The van der Waals surface area contributed by atoms with E-state index < -0.39 is 0 Å². The third-order valence-electron chi connectivity index (χ3n) is 4.83. The van der Waals surface area contributed by atoms with Gasteiger partial charge in [-0.3, -0.25) is 14.5 Å². The molecule has 27 heavy (non-hydrogen) atoms. The molecule has 1 fully saturated rings. The van der Waals surface area contributed by atoms with Crippen LogP contribution in [-0.4, -0.2) is 57.1 Å². The number of hydrogen-bond acceptors (Lipinski definition) is 6. The lowest BCUT2D eigenvalue weighted by Gasteiger charge is -2.21. The van der Waals surface area contributed by atoms with Crippen molar-refractivity contribution >= 4 is 28.0 Å². The molecule has 1 amide bonds. The molecule has 0 atom stereocenters. The van der Waals surface area contributed by atoms with Gasteiger partial charge in [0.15, 0.2) is 5.69 Å². The fraction of sp³-hybridized carbons (Fsp3) is 0.368. The number of aromatic amines is 1. The van der Waals surface area contributed by atoms with Gasteiger partial charge in [0.25, 0.3) is 11.5 Å². The van der Waals surface area contributed by atoms with E-state index in [9.17, 15) is 9.59 Å². The van der Waals surface area contributed by atoms with Crippen LogP contribution in [0, 0.1) is 6.92 Å². The van der Waals surface area contributed by atoms with Gasteiger partial charge in [0, 0.05) is 43.5 Å². The molecule has 1 aliphatic rings. The molecule has 1 N–H and O–H groups in total. The monoisotopic (exact) mass is 383 g/mol. The second-order valence-corrected chi connectivity index (χ2v) is 7.79. The van der Waals surface area contributed by atoms with Crippen LogP contribution in [0.2, 0.25) is 0 Å². The summed E-state index contributed by atoms with van der Waals surface area (Å²) < 4.78 is 0. The van der Waals surface area contributed by atoms with Gasteiger partial charge < -0.3 is 4.90 Å². The SMILES string of the molecule is Cc1nc(CN2CCCN(C(=O)c3n[nH]c(=O)c4ccccc34)CC2)cs1. The molecule has 7 nitrogen and oxygen atoms in total. The van der Waals surface area contributed by atoms with Gasteiger partial charge in [-0.05, 0) is 19.4 Å². The standard InChI is InChI=1S/C19H21N5O2S/c1-13-20-14(12-27-13)11-23-7-4-8-24(10-9-23)19(26)17-15-5-2-3-6-16(15)18(25)22-21-17/h2-3,5-6,12H,4,7-11H2,1H3,(H,22,25). The van der Waals surface area contributed by atoms with Crippen LogP contribution in [0.1, 0.15) is 27.6 Å². The number of carbonyl (C=O) groups excluding carboxylic acids is 1. The molecule has 0 radical (unpaired) electrons. The number of nitrogens with zero attached hydrogens (tertiary/aromatic N) is 4. The van der Waals surface area contributed by atoms with Crippen molar-refractivity contribution < 1.29 is 4.79 Å². The first-order chi connectivity index (χ1) is 13.1. The van der Waals surface area contributed by atoms with E-state index in [-0.39, 0.29) is 11.5 Å². The van der Waals surface area contributed by atoms with Crippen LogP contribution >= 0.6 is 11.3 Å². The minimum atomic E-state index is -0.275. The number of benzene rings is 1. The Bertz CT molecular complexity index is 1030. The van der Waals surface area contributed by atoms with Crippen molar-refractivity contribution in [3.8, 4) is 0 Å². The number of rotatable bonds is 3. The number of nitrogens with one attached hydrogen (secondary N) is 1. The Morgan fingerprint density at radius 1 is 1.19 bits per heavy atom. The molecule has 3 aromatic rings. The van der Waals surface area contributed by atoms with Crippen molar-refractivity contribution in [1.29, 1.82) is 0 Å². The lowest BCUT2D eigenvalue weighted by molar-refractivity contribution is 0.0756. The first-order valence-electron chi connectivity index (χ1n) is 9.02.